The second-order valence-electron chi connectivity index (χ2n) is 12.5. The topological polar surface area (TPSA) is 120 Å². The van der Waals surface area contributed by atoms with E-state index in [1.807, 2.05) is 7.05 Å². The minimum Gasteiger partial charge on any atom is -0.486 e. The first-order valence-corrected chi connectivity index (χ1v) is 15.9. The third-order valence-electron chi connectivity index (χ3n) is 9.14. The number of fused-ring (bicyclic) bond motifs is 3. The average molecular weight is 641 g/mol. The first kappa shape index (κ1) is 30.7. The highest BCUT2D eigenvalue weighted by Gasteiger charge is 2.33. The number of aromatic nitrogens is 3. The smallest absolute Gasteiger partial charge is 0.302 e. The molecule has 5 heterocycles. The number of benzene rings is 1. The maximum absolute atomic E-state index is 15.7. The number of nitrogens with one attached hydrogen (secondary N) is 2. The highest BCUT2D eigenvalue weighted by Crippen LogP contribution is 2.43. The molecular formula is C35H37FN6O5. The molecule has 2 N–H and O–H groups in total. The van der Waals surface area contributed by atoms with Crippen molar-refractivity contribution in [2.45, 2.75) is 51.9 Å². The van der Waals surface area contributed by atoms with E-state index < -0.39 is 11.8 Å². The van der Waals surface area contributed by atoms with Gasteiger partial charge < -0.3 is 29.2 Å². The van der Waals surface area contributed by atoms with Gasteiger partial charge in [-0.05, 0) is 79.8 Å². The molecule has 1 amide bonds. The molecule has 12 heteroatoms. The number of likely N-dealkylation sites (N-methyl/N-ethyl adjacent to an activating group) is 1. The van der Waals surface area contributed by atoms with Gasteiger partial charge >= 0.3 is 5.97 Å². The van der Waals surface area contributed by atoms with E-state index in [0.29, 0.717) is 58.2 Å². The van der Waals surface area contributed by atoms with Crippen molar-refractivity contribution in [3.05, 3.63) is 81.4 Å². The van der Waals surface area contributed by atoms with Gasteiger partial charge in [0, 0.05) is 68.7 Å². The summed E-state index contributed by atoms with van der Waals surface area (Å²) in [6, 6.07) is 7.98. The molecule has 4 aromatic rings. The maximum Gasteiger partial charge on any atom is 0.302 e. The summed E-state index contributed by atoms with van der Waals surface area (Å²) < 4.78 is 30.7. The number of halogens is 1. The van der Waals surface area contributed by atoms with Crippen LogP contribution in [0.3, 0.4) is 0 Å². The summed E-state index contributed by atoms with van der Waals surface area (Å²) in [5.74, 6) is -0.129. The van der Waals surface area contributed by atoms with E-state index in [1.54, 1.807) is 37.6 Å². The first-order valence-electron chi connectivity index (χ1n) is 15.9. The molecule has 1 saturated heterocycles. The lowest BCUT2D eigenvalue weighted by Crippen LogP contribution is -2.51. The minimum atomic E-state index is -0.513. The molecule has 0 atom stereocenters. The van der Waals surface area contributed by atoms with Crippen LogP contribution in [0.15, 0.2) is 47.5 Å². The zero-order valence-corrected chi connectivity index (χ0v) is 26.7. The van der Waals surface area contributed by atoms with Crippen LogP contribution in [0.4, 0.5) is 15.9 Å². The molecule has 244 valence electrons. The van der Waals surface area contributed by atoms with Gasteiger partial charge in [0.2, 0.25) is 0 Å². The van der Waals surface area contributed by atoms with Gasteiger partial charge in [-0.15, -0.1) is 0 Å². The van der Waals surface area contributed by atoms with Crippen LogP contribution in [0.25, 0.3) is 22.3 Å². The lowest BCUT2D eigenvalue weighted by atomic mass is 9.86. The third kappa shape index (κ3) is 5.89. The number of pyridine rings is 2. The van der Waals surface area contributed by atoms with Crippen molar-refractivity contribution in [1.82, 2.24) is 24.3 Å². The SMILES string of the molecule is CC(=O)OCc1c(-c2cc(Nc3ccc(OC4CN(C)C4)cn3)c(=O)n(C)c2)cc(F)cc1-c1c2c(n3c1C(=O)NCC3)CCCC2. The fraction of sp³-hybridized carbons (Fsp3) is 0.371. The van der Waals surface area contributed by atoms with E-state index in [2.05, 4.69) is 25.1 Å². The summed E-state index contributed by atoms with van der Waals surface area (Å²) in [5.41, 5.74) is 5.29. The Morgan fingerprint density at radius 2 is 1.89 bits per heavy atom. The Bertz CT molecular complexity index is 1940. The molecule has 0 radical (unpaired) electrons. The van der Waals surface area contributed by atoms with Crippen LogP contribution >= 0.6 is 0 Å². The van der Waals surface area contributed by atoms with Crippen molar-refractivity contribution in [1.29, 1.82) is 0 Å². The summed E-state index contributed by atoms with van der Waals surface area (Å²) in [4.78, 5) is 45.3. The number of nitrogens with zero attached hydrogens (tertiary/aromatic N) is 4. The predicted molar refractivity (Wildman–Crippen MR) is 174 cm³/mol. The van der Waals surface area contributed by atoms with E-state index in [0.717, 1.165) is 50.0 Å². The van der Waals surface area contributed by atoms with Gasteiger partial charge in [0.15, 0.2) is 0 Å². The van der Waals surface area contributed by atoms with Crippen LogP contribution in [0.5, 0.6) is 5.75 Å². The van der Waals surface area contributed by atoms with Crippen LogP contribution in [0.2, 0.25) is 0 Å². The van der Waals surface area contributed by atoms with E-state index in [4.69, 9.17) is 9.47 Å². The Hall–Kier alpha value is -4.97. The summed E-state index contributed by atoms with van der Waals surface area (Å²) in [6.07, 6.45) is 6.94. The van der Waals surface area contributed by atoms with Crippen molar-refractivity contribution in [3.63, 3.8) is 0 Å². The first-order chi connectivity index (χ1) is 22.7. The molecule has 0 unspecified atom stereocenters. The monoisotopic (exact) mass is 640 g/mol. The Morgan fingerprint density at radius 1 is 1.11 bits per heavy atom. The molecule has 3 aliphatic rings. The largest absolute Gasteiger partial charge is 0.486 e. The molecule has 0 saturated carbocycles. The number of aryl methyl sites for hydroxylation is 1. The van der Waals surface area contributed by atoms with Crippen LogP contribution in [-0.2, 0) is 42.6 Å². The molecule has 1 aliphatic carbocycles. The molecule has 1 aromatic carbocycles. The highest BCUT2D eigenvalue weighted by atomic mass is 19.1. The summed E-state index contributed by atoms with van der Waals surface area (Å²) in [7, 11) is 3.65. The number of likely N-dealkylation sites (tertiary alicyclic amines) is 1. The number of esters is 1. The summed E-state index contributed by atoms with van der Waals surface area (Å²) in [5, 5.41) is 6.06. The lowest BCUT2D eigenvalue weighted by molar-refractivity contribution is -0.142. The summed E-state index contributed by atoms with van der Waals surface area (Å²) in [6.45, 7) is 4.05. The van der Waals surface area contributed by atoms with Crippen LogP contribution in [0.1, 0.15) is 47.1 Å². The average Bonchev–Trinajstić information content (AvgIpc) is 3.38. The van der Waals surface area contributed by atoms with Crippen molar-refractivity contribution in [2.24, 2.45) is 7.05 Å². The molecular weight excluding hydrogens is 603 g/mol. The van der Waals surface area contributed by atoms with E-state index >= 15 is 4.39 Å². The second kappa shape index (κ2) is 12.3. The standard InChI is InChI=1S/C35H37FN6O5/c1-20(43)46-19-28-26(13-22(36)14-27(28)32-25-6-4-5-7-30(25)42-11-10-37-34(44)33(32)42)21-12-29(35(45)41(3)16-21)39-31-9-8-23(15-38-31)47-24-17-40(2)18-24/h8-9,12-16,24H,4-7,10-11,17-19H2,1-3H3,(H,37,44)(H,38,39). The number of carbonyl (C=O) groups is 2. The van der Waals surface area contributed by atoms with E-state index in [9.17, 15) is 14.4 Å². The Kier molecular flexibility index (Phi) is 8.04. The number of carbonyl (C=O) groups excluding carboxylic acids is 2. The summed E-state index contributed by atoms with van der Waals surface area (Å²) >= 11 is 0. The minimum absolute atomic E-state index is 0.124. The molecule has 0 bridgehead atoms. The fourth-order valence-electron chi connectivity index (χ4n) is 6.97. The molecule has 11 nitrogen and oxygen atoms in total. The zero-order valence-electron chi connectivity index (χ0n) is 26.7. The van der Waals surface area contributed by atoms with Crippen LogP contribution in [0, 0.1) is 5.82 Å². The van der Waals surface area contributed by atoms with Crippen LogP contribution < -0.4 is 20.9 Å². The number of ether oxygens (including phenoxy) is 2. The second-order valence-corrected chi connectivity index (χ2v) is 12.5. The number of anilines is 2. The maximum atomic E-state index is 15.7. The van der Waals surface area contributed by atoms with E-state index in [-0.39, 0.29) is 29.9 Å². The number of rotatable bonds is 8. The third-order valence-corrected chi connectivity index (χ3v) is 9.14. The molecule has 1 fully saturated rings. The Balaban J connectivity index is 1.32. The fourth-order valence-corrected chi connectivity index (χ4v) is 6.97. The Labute approximate surface area is 271 Å². The highest BCUT2D eigenvalue weighted by molar-refractivity contribution is 6.02. The zero-order chi connectivity index (χ0) is 32.8. The van der Waals surface area contributed by atoms with Gasteiger partial charge in [0.25, 0.3) is 11.5 Å². The molecule has 7 rings (SSSR count). The predicted octanol–water partition coefficient (Wildman–Crippen LogP) is 4.18. The van der Waals surface area contributed by atoms with Crippen molar-refractivity contribution in [2.75, 3.05) is 32.0 Å². The number of hydrogen-bond acceptors (Lipinski definition) is 8. The molecule has 3 aromatic heterocycles. The number of hydrogen-bond donors (Lipinski definition) is 2. The molecule has 2 aliphatic heterocycles. The molecule has 0 spiro atoms. The van der Waals surface area contributed by atoms with Gasteiger partial charge in [-0.2, -0.15) is 0 Å². The number of amides is 1. The van der Waals surface area contributed by atoms with Gasteiger partial charge in [-0.3, -0.25) is 19.3 Å². The normalized spacial score (nSPS) is 16.1. The van der Waals surface area contributed by atoms with Gasteiger partial charge in [0.1, 0.15) is 41.5 Å². The van der Waals surface area contributed by atoms with E-state index in [1.165, 1.54) is 23.6 Å². The van der Waals surface area contributed by atoms with Crippen molar-refractivity contribution < 1.29 is 23.5 Å². The van der Waals surface area contributed by atoms with Crippen molar-refractivity contribution in [3.8, 4) is 28.0 Å². The van der Waals surface area contributed by atoms with Crippen molar-refractivity contribution >= 4 is 23.4 Å². The quantitative estimate of drug-likeness (QED) is 0.276. The lowest BCUT2D eigenvalue weighted by Gasteiger charge is -2.35. The van der Waals surface area contributed by atoms with Gasteiger partial charge in [-0.25, -0.2) is 9.37 Å². The van der Waals surface area contributed by atoms with Gasteiger partial charge in [0.05, 0.1) is 6.20 Å². The van der Waals surface area contributed by atoms with Crippen LogP contribution in [-0.4, -0.2) is 63.7 Å². The molecule has 47 heavy (non-hydrogen) atoms. The van der Waals surface area contributed by atoms with Gasteiger partial charge in [-0.1, -0.05) is 0 Å². The Morgan fingerprint density at radius 3 is 2.64 bits per heavy atom.